The monoisotopic (exact) mass is 635 g/mol. The molecule has 1 aromatic rings. The molecule has 13 nitrogen and oxygen atoms in total. The maximum Gasteiger partial charge on any atom is 0.287 e. The summed E-state index contributed by atoms with van der Waals surface area (Å²) in [6, 6.07) is -4.10. The van der Waals surface area contributed by atoms with Gasteiger partial charge in [0, 0.05) is 24.9 Å². The van der Waals surface area contributed by atoms with Crippen LogP contribution >= 0.6 is 0 Å². The van der Waals surface area contributed by atoms with E-state index in [1.54, 1.807) is 6.08 Å². The summed E-state index contributed by atoms with van der Waals surface area (Å²) in [6.45, 7) is 11.6. The molecule has 1 aromatic heterocycles. The number of ketones is 1. The van der Waals surface area contributed by atoms with Crippen LogP contribution in [0.1, 0.15) is 71.3 Å². The van der Waals surface area contributed by atoms with Crippen molar-refractivity contribution in [3.8, 4) is 0 Å². The number of carbonyl (C=O) groups is 6. The second-order valence-electron chi connectivity index (χ2n) is 14.0. The number of amides is 5. The number of hydrogen-bond donors (Lipinski definition) is 4. The molecule has 1 saturated carbocycles. The van der Waals surface area contributed by atoms with E-state index in [0.717, 1.165) is 0 Å². The third-order valence-electron chi connectivity index (χ3n) is 9.42. The van der Waals surface area contributed by atoms with Crippen LogP contribution in [0.2, 0.25) is 0 Å². The van der Waals surface area contributed by atoms with Crippen LogP contribution in [-0.4, -0.2) is 80.9 Å². The highest BCUT2D eigenvalue weighted by Crippen LogP contribution is 2.65. The summed E-state index contributed by atoms with van der Waals surface area (Å²) in [5, 5.41) is 8.38. The van der Waals surface area contributed by atoms with Crippen molar-refractivity contribution in [1.82, 2.24) is 30.8 Å². The molecular formula is C33H45N7O6. The Kier molecular flexibility index (Phi) is 10.1. The van der Waals surface area contributed by atoms with Gasteiger partial charge in [-0.05, 0) is 35.5 Å². The highest BCUT2D eigenvalue weighted by molar-refractivity contribution is 6.37. The van der Waals surface area contributed by atoms with Crippen LogP contribution in [0.5, 0.6) is 0 Å². The second-order valence-corrected chi connectivity index (χ2v) is 14.0. The lowest BCUT2D eigenvalue weighted by molar-refractivity contribution is -0.146. The number of aromatic nitrogens is 2. The van der Waals surface area contributed by atoms with Crippen LogP contribution in [0, 0.1) is 28.6 Å². The smallest absolute Gasteiger partial charge is 0.287 e. The molecule has 248 valence electrons. The third kappa shape index (κ3) is 7.18. The Morgan fingerprint density at radius 2 is 1.78 bits per heavy atom. The Labute approximate surface area is 269 Å². The highest BCUT2D eigenvalue weighted by Gasteiger charge is 2.70. The molecule has 3 aliphatic rings. The summed E-state index contributed by atoms with van der Waals surface area (Å²) in [5.41, 5.74) is 4.28. The molecule has 2 fully saturated rings. The molecule has 46 heavy (non-hydrogen) atoms. The standard InChI is InChI=1S/C33H45N7O6/c1-7-11-20(25(41)27(34)42)37-30(45)24-22-19(33(22,5)6)17-40(24)31(46)26(32(2,3)4)39-29(44)23(18-12-9-8-10-13-18)38-28(43)21-16-35-14-15-36-21/h8-10,12,14-16,18-20,22-24,26H,7,11,13,17H2,1-6H3,(H2,34,42)(H,37,45)(H,38,43)(H,39,44)/t18?,19-,20?,22-,23-,24-,26+/m0/s1. The number of nitrogens with one attached hydrogen (secondary N) is 3. The van der Waals surface area contributed by atoms with Crippen LogP contribution in [0.25, 0.3) is 0 Å². The maximum absolute atomic E-state index is 14.4. The van der Waals surface area contributed by atoms with E-state index in [-0.39, 0.29) is 29.4 Å². The average Bonchev–Trinajstić information content (AvgIpc) is 3.33. The number of primary amides is 1. The molecule has 2 heterocycles. The van der Waals surface area contributed by atoms with E-state index >= 15 is 0 Å². The maximum atomic E-state index is 14.4. The fourth-order valence-corrected chi connectivity index (χ4v) is 6.69. The lowest BCUT2D eigenvalue weighted by Crippen LogP contribution is -2.62. The molecule has 2 aliphatic carbocycles. The summed E-state index contributed by atoms with van der Waals surface area (Å²) in [6.07, 6.45) is 12.7. The third-order valence-corrected chi connectivity index (χ3v) is 9.42. The predicted molar refractivity (Wildman–Crippen MR) is 168 cm³/mol. The summed E-state index contributed by atoms with van der Waals surface area (Å²) >= 11 is 0. The fourth-order valence-electron chi connectivity index (χ4n) is 6.69. The highest BCUT2D eigenvalue weighted by atomic mass is 16.2. The Morgan fingerprint density at radius 3 is 2.35 bits per heavy atom. The lowest BCUT2D eigenvalue weighted by Gasteiger charge is -2.38. The summed E-state index contributed by atoms with van der Waals surface area (Å²) in [4.78, 5) is 88.8. The first kappa shape index (κ1) is 34.5. The topological polar surface area (TPSA) is 194 Å². The van der Waals surface area contributed by atoms with Gasteiger partial charge in [0.1, 0.15) is 23.8 Å². The number of nitrogens with two attached hydrogens (primary N) is 1. The number of rotatable bonds is 12. The van der Waals surface area contributed by atoms with E-state index in [0.29, 0.717) is 19.4 Å². The van der Waals surface area contributed by atoms with Crippen molar-refractivity contribution >= 4 is 35.3 Å². The van der Waals surface area contributed by atoms with Crippen LogP contribution in [-0.2, 0) is 24.0 Å². The minimum Gasteiger partial charge on any atom is -0.363 e. The Balaban J connectivity index is 1.59. The molecule has 13 heteroatoms. The molecule has 7 atom stereocenters. The van der Waals surface area contributed by atoms with E-state index in [1.807, 2.05) is 59.8 Å². The van der Waals surface area contributed by atoms with Crippen molar-refractivity contribution in [3.63, 3.8) is 0 Å². The predicted octanol–water partition coefficient (Wildman–Crippen LogP) is 1.06. The second kappa shape index (κ2) is 13.5. The first-order chi connectivity index (χ1) is 21.6. The zero-order valence-corrected chi connectivity index (χ0v) is 27.3. The Bertz CT molecular complexity index is 1430. The SMILES string of the molecule is CCCC(NC(=O)[C@@H]1[C@@H]2[C@H](CN1C(=O)[C@@H](NC(=O)[C@@H](NC(=O)c1cnccn1)C1C=CC=CC1)C(C)(C)C)C2(C)C)C(=O)C(N)=O. The van der Waals surface area contributed by atoms with Gasteiger partial charge < -0.3 is 26.6 Å². The Morgan fingerprint density at radius 1 is 1.07 bits per heavy atom. The van der Waals surface area contributed by atoms with Crippen molar-refractivity contribution in [2.24, 2.45) is 34.3 Å². The van der Waals surface area contributed by atoms with Crippen molar-refractivity contribution < 1.29 is 28.8 Å². The minimum absolute atomic E-state index is 0.0400. The normalized spacial score (nSPS) is 24.6. The number of likely N-dealkylation sites (tertiary alicyclic amines) is 1. The molecule has 4 rings (SSSR count). The number of hydrogen-bond acceptors (Lipinski definition) is 8. The van der Waals surface area contributed by atoms with Crippen LogP contribution in [0.3, 0.4) is 0 Å². The van der Waals surface area contributed by atoms with Crippen molar-refractivity contribution in [2.75, 3.05) is 6.54 Å². The van der Waals surface area contributed by atoms with Gasteiger partial charge in [0.05, 0.1) is 12.2 Å². The van der Waals surface area contributed by atoms with Gasteiger partial charge in [-0.3, -0.25) is 33.8 Å². The molecule has 5 N–H and O–H groups in total. The molecule has 1 aliphatic heterocycles. The van der Waals surface area contributed by atoms with Gasteiger partial charge in [-0.15, -0.1) is 0 Å². The summed E-state index contributed by atoms with van der Waals surface area (Å²) in [7, 11) is 0. The number of allylic oxidation sites excluding steroid dienone is 3. The summed E-state index contributed by atoms with van der Waals surface area (Å²) < 4.78 is 0. The molecule has 5 amide bonds. The first-order valence-corrected chi connectivity index (χ1v) is 15.7. The lowest BCUT2D eigenvalue weighted by atomic mass is 9.84. The molecule has 0 aromatic carbocycles. The van der Waals surface area contributed by atoms with Gasteiger partial charge in [-0.25, -0.2) is 4.98 Å². The summed E-state index contributed by atoms with van der Waals surface area (Å²) in [5.74, 6) is -4.67. The van der Waals surface area contributed by atoms with Crippen LogP contribution in [0.15, 0.2) is 42.9 Å². The fraction of sp³-hybridized carbons (Fsp3) is 0.576. The van der Waals surface area contributed by atoms with Gasteiger partial charge in [-0.2, -0.15) is 0 Å². The van der Waals surface area contributed by atoms with Crippen molar-refractivity contribution in [2.45, 2.75) is 85.0 Å². The van der Waals surface area contributed by atoms with E-state index in [1.165, 1.54) is 23.5 Å². The van der Waals surface area contributed by atoms with Gasteiger partial charge in [0.25, 0.3) is 11.8 Å². The van der Waals surface area contributed by atoms with Gasteiger partial charge in [-0.1, -0.05) is 72.3 Å². The molecule has 0 spiro atoms. The van der Waals surface area contributed by atoms with E-state index in [4.69, 9.17) is 5.73 Å². The van der Waals surface area contributed by atoms with Crippen molar-refractivity contribution in [3.05, 3.63) is 48.6 Å². The number of Topliss-reactive ketones (excluding diaryl/α,β-unsaturated/α-hetero) is 1. The molecule has 1 saturated heterocycles. The van der Waals surface area contributed by atoms with E-state index in [2.05, 4.69) is 25.9 Å². The molecular weight excluding hydrogens is 590 g/mol. The number of fused-ring (bicyclic) bond motifs is 1. The molecule has 0 radical (unpaired) electrons. The van der Waals surface area contributed by atoms with Crippen LogP contribution in [0.4, 0.5) is 0 Å². The zero-order chi connectivity index (χ0) is 34.0. The molecule has 2 unspecified atom stereocenters. The van der Waals surface area contributed by atoms with Gasteiger partial charge in [0.15, 0.2) is 0 Å². The number of carbonyl (C=O) groups excluding carboxylic acids is 6. The van der Waals surface area contributed by atoms with Gasteiger partial charge in [0.2, 0.25) is 23.5 Å². The van der Waals surface area contributed by atoms with Crippen molar-refractivity contribution in [1.29, 1.82) is 0 Å². The number of nitrogens with zero attached hydrogens (tertiary/aromatic N) is 3. The zero-order valence-electron chi connectivity index (χ0n) is 27.3. The average molecular weight is 636 g/mol. The number of piperidine rings is 1. The van der Waals surface area contributed by atoms with Crippen LogP contribution < -0.4 is 21.7 Å². The van der Waals surface area contributed by atoms with E-state index < -0.39 is 70.8 Å². The first-order valence-electron chi connectivity index (χ1n) is 15.7. The van der Waals surface area contributed by atoms with E-state index in [9.17, 15) is 28.8 Å². The Hall–Kier alpha value is -4.42. The quantitative estimate of drug-likeness (QED) is 0.245. The molecule has 0 bridgehead atoms. The minimum atomic E-state index is -1.14. The largest absolute Gasteiger partial charge is 0.363 e. The van der Waals surface area contributed by atoms with Gasteiger partial charge >= 0.3 is 0 Å².